The van der Waals surface area contributed by atoms with E-state index in [1.165, 1.54) is 24.3 Å². The van der Waals surface area contributed by atoms with Gasteiger partial charge in [0.15, 0.2) is 0 Å². The monoisotopic (exact) mass is 398 g/mol. The number of rotatable bonds is 6. The summed E-state index contributed by atoms with van der Waals surface area (Å²) in [5, 5.41) is 0. The first-order valence-corrected chi connectivity index (χ1v) is 11.3. The van der Waals surface area contributed by atoms with Gasteiger partial charge in [0.05, 0.1) is 0 Å². The number of carbonyl (C=O) groups excluding carboxylic acids is 1. The molecule has 1 aromatic rings. The van der Waals surface area contributed by atoms with E-state index in [-0.39, 0.29) is 28.7 Å². The SMILES string of the molecule is C=S(C)(=O)N(CCN(C(=O)c1ccc(F)cc1)C(C)C(C)(C)C)C(C)(C)C. The third-order valence-corrected chi connectivity index (χ3v) is 6.49. The Kier molecular flexibility index (Phi) is 7.28. The van der Waals surface area contributed by atoms with Gasteiger partial charge in [-0.2, -0.15) is 0 Å². The number of hydrogen-bond acceptors (Lipinski definition) is 2. The van der Waals surface area contributed by atoms with Gasteiger partial charge in [-0.25, -0.2) is 8.70 Å². The van der Waals surface area contributed by atoms with Crippen molar-refractivity contribution >= 4 is 21.5 Å². The Hall–Kier alpha value is -1.40. The molecule has 0 aliphatic rings. The molecule has 0 saturated carbocycles. The number of carbonyl (C=O) groups is 1. The highest BCUT2D eigenvalue weighted by atomic mass is 32.2. The molecular weight excluding hydrogens is 363 g/mol. The van der Waals surface area contributed by atoms with Gasteiger partial charge in [0.25, 0.3) is 5.91 Å². The van der Waals surface area contributed by atoms with Crippen molar-refractivity contribution in [1.82, 2.24) is 9.21 Å². The minimum absolute atomic E-state index is 0.0606. The predicted molar refractivity (Wildman–Crippen MR) is 114 cm³/mol. The van der Waals surface area contributed by atoms with Crippen molar-refractivity contribution in [3.63, 3.8) is 0 Å². The van der Waals surface area contributed by atoms with Crippen LogP contribution in [-0.4, -0.2) is 56.1 Å². The van der Waals surface area contributed by atoms with Gasteiger partial charge in [-0.05, 0) is 63.2 Å². The van der Waals surface area contributed by atoms with Gasteiger partial charge in [0, 0.05) is 46.2 Å². The minimum atomic E-state index is -2.43. The molecule has 0 N–H and O–H groups in total. The molecule has 0 spiro atoms. The Bertz CT molecular complexity index is 744. The topological polar surface area (TPSA) is 40.6 Å². The number of amides is 1. The van der Waals surface area contributed by atoms with Crippen LogP contribution in [0.4, 0.5) is 4.39 Å². The van der Waals surface area contributed by atoms with Gasteiger partial charge in [-0.1, -0.05) is 20.8 Å². The Morgan fingerprint density at radius 3 is 1.96 bits per heavy atom. The van der Waals surface area contributed by atoms with Crippen LogP contribution in [0.2, 0.25) is 0 Å². The first-order chi connectivity index (χ1) is 12.0. The summed E-state index contributed by atoms with van der Waals surface area (Å²) >= 11 is 0. The largest absolute Gasteiger partial charge is 0.334 e. The Balaban J connectivity index is 3.19. The molecule has 1 aromatic carbocycles. The van der Waals surface area contributed by atoms with E-state index in [9.17, 15) is 13.4 Å². The van der Waals surface area contributed by atoms with Crippen LogP contribution in [0.5, 0.6) is 0 Å². The highest BCUT2D eigenvalue weighted by molar-refractivity contribution is 7.97. The van der Waals surface area contributed by atoms with Crippen LogP contribution < -0.4 is 0 Å². The molecule has 154 valence electrons. The maximum absolute atomic E-state index is 13.2. The third kappa shape index (κ3) is 6.61. The number of nitrogens with zero attached hydrogens (tertiary/aromatic N) is 2. The maximum atomic E-state index is 13.2. The number of halogens is 1. The molecule has 0 radical (unpaired) electrons. The van der Waals surface area contributed by atoms with Crippen molar-refractivity contribution < 1.29 is 13.4 Å². The van der Waals surface area contributed by atoms with Crippen molar-refractivity contribution in [2.45, 2.75) is 60.0 Å². The zero-order chi connectivity index (χ0) is 21.2. The van der Waals surface area contributed by atoms with Gasteiger partial charge in [-0.3, -0.25) is 9.00 Å². The van der Waals surface area contributed by atoms with Gasteiger partial charge in [0.2, 0.25) is 0 Å². The summed E-state index contributed by atoms with van der Waals surface area (Å²) in [6.45, 7) is 15.1. The smallest absolute Gasteiger partial charge is 0.254 e. The number of benzene rings is 1. The van der Waals surface area contributed by atoms with E-state index in [0.717, 1.165) is 0 Å². The number of hydrogen-bond donors (Lipinski definition) is 0. The fourth-order valence-electron chi connectivity index (χ4n) is 3.00. The standard InChI is InChI=1S/C21H35FN2O2S/c1-16(20(2,3)4)23(19(25)17-10-12-18(22)13-11-17)14-15-24(21(5,6)7)27(8,9)26/h10-13,16H,8,14-15H2,1-7,9H3. The lowest BCUT2D eigenvalue weighted by Gasteiger charge is -2.41. The summed E-state index contributed by atoms with van der Waals surface area (Å²) in [7, 11) is -2.43. The molecule has 1 rings (SSSR count). The van der Waals surface area contributed by atoms with Crippen molar-refractivity contribution in [2.75, 3.05) is 19.3 Å². The van der Waals surface area contributed by atoms with E-state index in [1.807, 2.05) is 32.0 Å². The quantitative estimate of drug-likeness (QED) is 0.678. The molecule has 0 saturated heterocycles. The van der Waals surface area contributed by atoms with Crippen LogP contribution in [0.1, 0.15) is 58.8 Å². The van der Waals surface area contributed by atoms with Crippen molar-refractivity contribution in [1.29, 1.82) is 0 Å². The Labute approximate surface area is 164 Å². The molecule has 0 aliphatic heterocycles. The normalized spacial score (nSPS) is 16.1. The highest BCUT2D eigenvalue weighted by Crippen LogP contribution is 2.26. The molecule has 0 fully saturated rings. The van der Waals surface area contributed by atoms with Crippen LogP contribution in [0.15, 0.2) is 24.3 Å². The first kappa shape index (κ1) is 23.6. The molecule has 2 unspecified atom stereocenters. The molecule has 2 atom stereocenters. The predicted octanol–water partition coefficient (Wildman–Crippen LogP) is 4.06. The second-order valence-corrected chi connectivity index (χ2v) is 11.6. The average molecular weight is 399 g/mol. The molecule has 0 aliphatic carbocycles. The summed E-state index contributed by atoms with van der Waals surface area (Å²) in [6.07, 6.45) is 1.62. The zero-order valence-corrected chi connectivity index (χ0v) is 18.8. The molecule has 27 heavy (non-hydrogen) atoms. The zero-order valence-electron chi connectivity index (χ0n) is 18.0. The lowest BCUT2D eigenvalue weighted by molar-refractivity contribution is 0.0524. The van der Waals surface area contributed by atoms with Crippen LogP contribution in [0.3, 0.4) is 0 Å². The van der Waals surface area contributed by atoms with Gasteiger partial charge in [0.1, 0.15) is 5.82 Å². The fourth-order valence-corrected chi connectivity index (χ4v) is 4.63. The summed E-state index contributed by atoms with van der Waals surface area (Å²) in [5.74, 6) is 3.30. The summed E-state index contributed by atoms with van der Waals surface area (Å²) in [5.41, 5.74) is -0.0367. The molecule has 0 bridgehead atoms. The molecule has 4 nitrogen and oxygen atoms in total. The van der Waals surface area contributed by atoms with E-state index in [2.05, 4.69) is 26.6 Å². The molecule has 6 heteroatoms. The van der Waals surface area contributed by atoms with E-state index in [0.29, 0.717) is 18.7 Å². The second-order valence-electron chi connectivity index (χ2n) is 9.28. The first-order valence-electron chi connectivity index (χ1n) is 9.21. The maximum Gasteiger partial charge on any atom is 0.254 e. The summed E-state index contributed by atoms with van der Waals surface area (Å²) in [4.78, 5) is 14.9. The van der Waals surface area contributed by atoms with Crippen molar-refractivity contribution in [3.8, 4) is 0 Å². The van der Waals surface area contributed by atoms with E-state index >= 15 is 0 Å². The summed E-state index contributed by atoms with van der Waals surface area (Å²) in [6, 6.07) is 5.54. The Morgan fingerprint density at radius 1 is 1.11 bits per heavy atom. The molecule has 0 aromatic heterocycles. The van der Waals surface area contributed by atoms with Gasteiger partial charge < -0.3 is 4.90 Å². The summed E-state index contributed by atoms with van der Waals surface area (Å²) < 4.78 is 27.8. The highest BCUT2D eigenvalue weighted by Gasteiger charge is 2.33. The van der Waals surface area contributed by atoms with Crippen molar-refractivity contribution in [3.05, 3.63) is 35.6 Å². The minimum Gasteiger partial charge on any atom is -0.334 e. The lowest BCUT2D eigenvalue weighted by Crippen LogP contribution is -2.52. The average Bonchev–Trinajstić information content (AvgIpc) is 2.47. The second kappa shape index (κ2) is 8.31. The third-order valence-electron chi connectivity index (χ3n) is 4.83. The van der Waals surface area contributed by atoms with Crippen LogP contribution >= 0.6 is 0 Å². The fraction of sp³-hybridized carbons (Fsp3) is 0.619. The molecule has 1 amide bonds. The van der Waals surface area contributed by atoms with E-state index < -0.39 is 9.71 Å². The lowest BCUT2D eigenvalue weighted by atomic mass is 9.86. The van der Waals surface area contributed by atoms with E-state index in [4.69, 9.17) is 0 Å². The van der Waals surface area contributed by atoms with Crippen LogP contribution in [0, 0.1) is 11.2 Å². The van der Waals surface area contributed by atoms with Gasteiger partial charge >= 0.3 is 0 Å². The van der Waals surface area contributed by atoms with Crippen LogP contribution in [-0.2, 0) is 9.71 Å². The van der Waals surface area contributed by atoms with Crippen molar-refractivity contribution in [2.24, 2.45) is 5.41 Å². The molecular formula is C21H35FN2O2S. The van der Waals surface area contributed by atoms with Crippen LogP contribution in [0.25, 0.3) is 0 Å². The molecule has 0 heterocycles. The van der Waals surface area contributed by atoms with E-state index in [1.54, 1.807) is 11.2 Å². The van der Waals surface area contributed by atoms with Gasteiger partial charge in [-0.15, -0.1) is 0 Å². The Morgan fingerprint density at radius 2 is 1.59 bits per heavy atom.